The zero-order chi connectivity index (χ0) is 21.5. The average molecular weight is 428 g/mol. The van der Waals surface area contributed by atoms with Gasteiger partial charge in [-0.3, -0.25) is 0 Å². The first kappa shape index (κ1) is 23.2. The first-order valence-electron chi connectivity index (χ1n) is 7.74. The standard InChI is InChI=1S/2C8H10N2O3S/c2*1-7-3-5-8(6-4-7)14(12,13)10(2)9-11/h2*3-6H,1-2H3. The molecule has 10 nitrogen and oxygen atoms in total. The maximum atomic E-state index is 11.5. The summed E-state index contributed by atoms with van der Waals surface area (Å²) in [5, 5.41) is 4.71. The van der Waals surface area contributed by atoms with Crippen LogP contribution in [-0.4, -0.2) is 39.8 Å². The van der Waals surface area contributed by atoms with Gasteiger partial charge in [-0.05, 0) is 38.1 Å². The molecule has 28 heavy (non-hydrogen) atoms. The topological polar surface area (TPSA) is 134 Å². The summed E-state index contributed by atoms with van der Waals surface area (Å²) in [5.74, 6) is 0. The second-order valence-corrected chi connectivity index (χ2v) is 9.57. The summed E-state index contributed by atoms with van der Waals surface area (Å²) in [5.41, 5.74) is 1.90. The van der Waals surface area contributed by atoms with E-state index in [0.717, 1.165) is 25.2 Å². The summed E-state index contributed by atoms with van der Waals surface area (Å²) in [6, 6.07) is 12.4. The Morgan fingerprint density at radius 2 is 0.857 bits per heavy atom. The molecule has 0 spiro atoms. The fourth-order valence-corrected chi connectivity index (χ4v) is 3.56. The van der Waals surface area contributed by atoms with E-state index in [0.29, 0.717) is 8.83 Å². The average Bonchev–Trinajstić information content (AvgIpc) is 2.67. The van der Waals surface area contributed by atoms with E-state index in [9.17, 15) is 26.6 Å². The molecule has 0 fully saturated rings. The van der Waals surface area contributed by atoms with Crippen LogP contribution in [0.2, 0.25) is 0 Å². The molecule has 2 aromatic rings. The Kier molecular flexibility index (Phi) is 7.76. The van der Waals surface area contributed by atoms with Crippen molar-refractivity contribution in [3.05, 3.63) is 69.5 Å². The Bertz CT molecular complexity index is 934. The van der Waals surface area contributed by atoms with E-state index in [1.54, 1.807) is 24.3 Å². The smallest absolute Gasteiger partial charge is 0.200 e. The molecule has 0 bridgehead atoms. The van der Waals surface area contributed by atoms with Crippen molar-refractivity contribution in [2.75, 3.05) is 14.1 Å². The van der Waals surface area contributed by atoms with Gasteiger partial charge in [0.1, 0.15) is 0 Å². The van der Waals surface area contributed by atoms with Crippen molar-refractivity contribution in [2.24, 2.45) is 10.6 Å². The largest absolute Gasteiger partial charge is 0.281 e. The Labute approximate surface area is 163 Å². The van der Waals surface area contributed by atoms with Crippen molar-refractivity contribution in [3.63, 3.8) is 0 Å². The molecule has 0 unspecified atom stereocenters. The monoisotopic (exact) mass is 428 g/mol. The van der Waals surface area contributed by atoms with E-state index >= 15 is 0 Å². The number of benzene rings is 2. The second kappa shape index (κ2) is 9.37. The number of hydrogen-bond donors (Lipinski definition) is 0. The normalized spacial score (nSPS) is 11.0. The minimum Gasteiger partial charge on any atom is -0.200 e. The lowest BCUT2D eigenvalue weighted by Gasteiger charge is -2.09. The van der Waals surface area contributed by atoms with Crippen LogP contribution in [0.1, 0.15) is 11.1 Å². The molecule has 0 saturated heterocycles. The molecule has 0 amide bonds. The zero-order valence-corrected chi connectivity index (χ0v) is 17.3. The van der Waals surface area contributed by atoms with Crippen LogP contribution in [0.25, 0.3) is 0 Å². The zero-order valence-electron chi connectivity index (χ0n) is 15.7. The van der Waals surface area contributed by atoms with E-state index in [-0.39, 0.29) is 9.79 Å². The van der Waals surface area contributed by atoms with E-state index < -0.39 is 20.0 Å². The van der Waals surface area contributed by atoms with Crippen molar-refractivity contribution in [2.45, 2.75) is 23.6 Å². The molecule has 0 heterocycles. The van der Waals surface area contributed by atoms with E-state index in [1.807, 2.05) is 13.8 Å². The fourth-order valence-electron chi connectivity index (χ4n) is 1.81. The molecule has 0 aromatic heterocycles. The highest BCUT2D eigenvalue weighted by atomic mass is 32.2. The molecule has 0 aliphatic heterocycles. The maximum absolute atomic E-state index is 11.5. The molecule has 0 saturated carbocycles. The van der Waals surface area contributed by atoms with E-state index in [4.69, 9.17) is 0 Å². The van der Waals surface area contributed by atoms with E-state index in [2.05, 4.69) is 10.6 Å². The van der Waals surface area contributed by atoms with Crippen molar-refractivity contribution < 1.29 is 16.8 Å². The molecule has 2 rings (SSSR count). The predicted molar refractivity (Wildman–Crippen MR) is 104 cm³/mol. The van der Waals surface area contributed by atoms with Crippen LogP contribution in [0, 0.1) is 23.7 Å². The van der Waals surface area contributed by atoms with Crippen molar-refractivity contribution in [1.29, 1.82) is 0 Å². The van der Waals surface area contributed by atoms with Crippen LogP contribution in [-0.2, 0) is 20.0 Å². The van der Waals surface area contributed by atoms with Gasteiger partial charge in [-0.2, -0.15) is 25.7 Å². The van der Waals surface area contributed by atoms with Gasteiger partial charge in [0.05, 0.1) is 20.4 Å². The molecular weight excluding hydrogens is 408 g/mol. The highest BCUT2D eigenvalue weighted by Crippen LogP contribution is 2.15. The van der Waals surface area contributed by atoms with Crippen LogP contribution < -0.4 is 0 Å². The van der Waals surface area contributed by atoms with Gasteiger partial charge in [0, 0.05) is 14.1 Å². The molecule has 2 aromatic carbocycles. The van der Waals surface area contributed by atoms with E-state index in [1.165, 1.54) is 24.3 Å². The first-order chi connectivity index (χ1) is 13.0. The lowest BCUT2D eigenvalue weighted by molar-refractivity contribution is 0.485. The van der Waals surface area contributed by atoms with Crippen molar-refractivity contribution in [3.8, 4) is 0 Å². The summed E-state index contributed by atoms with van der Waals surface area (Å²) in [7, 11) is -5.30. The highest BCUT2D eigenvalue weighted by Gasteiger charge is 2.20. The SMILES string of the molecule is Cc1ccc(S(=O)(=O)N(C)N=O)cc1.Cc1ccc(S(=O)(=O)N(C)N=O)cc1. The number of hydrogen-bond acceptors (Lipinski definition) is 8. The third kappa shape index (κ3) is 5.57. The summed E-state index contributed by atoms with van der Waals surface area (Å²) in [6.07, 6.45) is 0. The summed E-state index contributed by atoms with van der Waals surface area (Å²) >= 11 is 0. The molecule has 12 heteroatoms. The third-order valence-corrected chi connectivity index (χ3v) is 6.82. The molecule has 0 radical (unpaired) electrons. The molecule has 152 valence electrons. The van der Waals surface area contributed by atoms with Gasteiger partial charge in [0.25, 0.3) is 20.0 Å². The first-order valence-corrected chi connectivity index (χ1v) is 10.6. The van der Waals surface area contributed by atoms with Crippen LogP contribution in [0.5, 0.6) is 0 Å². The van der Waals surface area contributed by atoms with Gasteiger partial charge >= 0.3 is 0 Å². The molecule has 0 N–H and O–H groups in total. The van der Waals surface area contributed by atoms with Crippen LogP contribution in [0.4, 0.5) is 0 Å². The number of sulfonamides is 2. The molecule has 0 aliphatic carbocycles. The Hall–Kier alpha value is -2.86. The molecular formula is C16H20N4O6S2. The Morgan fingerprint density at radius 1 is 0.607 bits per heavy atom. The molecule has 0 atom stereocenters. The quantitative estimate of drug-likeness (QED) is 0.513. The Balaban J connectivity index is 0.000000280. The van der Waals surface area contributed by atoms with Crippen LogP contribution >= 0.6 is 0 Å². The van der Waals surface area contributed by atoms with Gasteiger partial charge in [-0.1, -0.05) is 35.4 Å². The van der Waals surface area contributed by atoms with Crippen LogP contribution in [0.15, 0.2) is 68.9 Å². The minimum absolute atomic E-state index is 0.0604. The minimum atomic E-state index is -3.75. The van der Waals surface area contributed by atoms with Gasteiger partial charge in [-0.25, -0.2) is 0 Å². The van der Waals surface area contributed by atoms with Gasteiger partial charge in [-0.15, -0.1) is 9.81 Å². The number of rotatable bonds is 6. The third-order valence-electron chi connectivity index (χ3n) is 3.56. The lowest BCUT2D eigenvalue weighted by Crippen LogP contribution is -2.20. The summed E-state index contributed by atoms with van der Waals surface area (Å²) < 4.78 is 46.8. The van der Waals surface area contributed by atoms with Crippen molar-refractivity contribution >= 4 is 20.0 Å². The molecule has 0 aliphatic rings. The second-order valence-electron chi connectivity index (χ2n) is 5.67. The maximum Gasteiger partial charge on any atom is 0.281 e. The van der Waals surface area contributed by atoms with Gasteiger partial charge in [0.2, 0.25) is 0 Å². The van der Waals surface area contributed by atoms with Crippen LogP contribution in [0.3, 0.4) is 0 Å². The fraction of sp³-hybridized carbons (Fsp3) is 0.250. The van der Waals surface area contributed by atoms with Gasteiger partial charge < -0.3 is 0 Å². The predicted octanol–water partition coefficient (Wildman–Crippen LogP) is 2.59. The van der Waals surface area contributed by atoms with Crippen molar-refractivity contribution in [1.82, 2.24) is 8.83 Å². The van der Waals surface area contributed by atoms with Gasteiger partial charge in [0.15, 0.2) is 0 Å². The summed E-state index contributed by atoms with van der Waals surface area (Å²) in [4.78, 5) is 20.3. The number of nitroso groups, excluding NO2 is 2. The number of nitrogens with zero attached hydrogens (tertiary/aromatic N) is 4. The highest BCUT2D eigenvalue weighted by molar-refractivity contribution is 7.89. The lowest BCUT2D eigenvalue weighted by atomic mass is 10.2. The summed E-state index contributed by atoms with van der Waals surface area (Å²) in [6.45, 7) is 3.69. The number of aryl methyl sites for hydroxylation is 2. The Morgan fingerprint density at radius 3 is 1.07 bits per heavy atom.